The molecule has 0 atom stereocenters. The van der Waals surface area contributed by atoms with Gasteiger partial charge in [0.2, 0.25) is 0 Å². The van der Waals surface area contributed by atoms with E-state index in [-0.39, 0.29) is 5.91 Å². The molecular formula is C13H17N5O. The molecule has 0 saturated carbocycles. The lowest BCUT2D eigenvalue weighted by Crippen LogP contribution is -2.19. The number of nitrogens with one attached hydrogen (secondary N) is 1. The normalized spacial score (nSPS) is 10.5. The molecule has 1 amide bonds. The Morgan fingerprint density at radius 3 is 2.79 bits per heavy atom. The van der Waals surface area contributed by atoms with Gasteiger partial charge in [-0.25, -0.2) is 0 Å². The smallest absolute Gasteiger partial charge is 0.276 e. The summed E-state index contributed by atoms with van der Waals surface area (Å²) in [6.07, 6.45) is 1.68. The zero-order valence-corrected chi connectivity index (χ0v) is 11.3. The summed E-state index contributed by atoms with van der Waals surface area (Å²) >= 11 is 0. The lowest BCUT2D eigenvalue weighted by atomic mass is 10.2. The minimum Gasteiger partial charge on any atom is -0.395 e. The molecule has 0 bridgehead atoms. The number of rotatable bonds is 3. The fourth-order valence-electron chi connectivity index (χ4n) is 1.86. The Bertz CT molecular complexity index is 617. The molecule has 2 aromatic rings. The van der Waals surface area contributed by atoms with Crippen LogP contribution in [-0.4, -0.2) is 20.7 Å². The van der Waals surface area contributed by atoms with Crippen LogP contribution in [0.1, 0.15) is 28.8 Å². The lowest BCUT2D eigenvalue weighted by molar-refractivity contribution is 0.101. The van der Waals surface area contributed by atoms with Crippen molar-refractivity contribution in [3.63, 3.8) is 0 Å². The van der Waals surface area contributed by atoms with E-state index in [1.54, 1.807) is 29.9 Å². The van der Waals surface area contributed by atoms with Gasteiger partial charge in [0.05, 0.1) is 22.8 Å². The van der Waals surface area contributed by atoms with E-state index in [2.05, 4.69) is 15.4 Å². The first-order valence-corrected chi connectivity index (χ1v) is 6.10. The van der Waals surface area contributed by atoms with Crippen LogP contribution in [0.5, 0.6) is 0 Å². The molecule has 0 aliphatic rings. The van der Waals surface area contributed by atoms with E-state index in [0.717, 1.165) is 5.69 Å². The van der Waals surface area contributed by atoms with Crippen LogP contribution in [-0.2, 0) is 6.54 Å². The van der Waals surface area contributed by atoms with Crippen molar-refractivity contribution in [3.8, 4) is 0 Å². The number of carbonyl (C=O) groups is 1. The minimum atomic E-state index is -0.268. The van der Waals surface area contributed by atoms with Crippen molar-refractivity contribution in [1.82, 2.24) is 14.8 Å². The third-order valence-electron chi connectivity index (χ3n) is 2.94. The molecule has 2 rings (SSSR count). The molecule has 2 heterocycles. The summed E-state index contributed by atoms with van der Waals surface area (Å²) < 4.78 is 1.60. The van der Waals surface area contributed by atoms with Crippen molar-refractivity contribution in [2.45, 2.75) is 27.3 Å². The highest BCUT2D eigenvalue weighted by Crippen LogP contribution is 2.19. The average molecular weight is 259 g/mol. The number of anilines is 2. The van der Waals surface area contributed by atoms with Gasteiger partial charge in [0.15, 0.2) is 0 Å². The quantitative estimate of drug-likeness (QED) is 0.879. The monoisotopic (exact) mass is 259 g/mol. The summed E-state index contributed by atoms with van der Waals surface area (Å²) in [4.78, 5) is 16.4. The molecule has 0 radical (unpaired) electrons. The number of nitrogens with two attached hydrogens (primary N) is 1. The van der Waals surface area contributed by atoms with Gasteiger partial charge in [-0.3, -0.25) is 14.5 Å². The minimum absolute atomic E-state index is 0.268. The van der Waals surface area contributed by atoms with Crippen molar-refractivity contribution in [2.75, 3.05) is 11.1 Å². The molecule has 0 saturated heterocycles. The van der Waals surface area contributed by atoms with Gasteiger partial charge in [-0.05, 0) is 32.9 Å². The molecule has 100 valence electrons. The number of hydrogen-bond acceptors (Lipinski definition) is 4. The molecule has 0 spiro atoms. The topological polar surface area (TPSA) is 85.8 Å². The fraction of sp³-hybridized carbons (Fsp3) is 0.308. The summed E-state index contributed by atoms with van der Waals surface area (Å²) in [6, 6.07) is 3.57. The number of carbonyl (C=O) groups excluding carboxylic acids is 1. The maximum absolute atomic E-state index is 12.3. The number of nitrogen functional groups attached to an aromatic ring is 1. The van der Waals surface area contributed by atoms with Crippen LogP contribution >= 0.6 is 0 Å². The molecule has 6 heteroatoms. The predicted molar refractivity (Wildman–Crippen MR) is 74.0 cm³/mol. The molecule has 0 aliphatic heterocycles. The first-order valence-electron chi connectivity index (χ1n) is 6.10. The van der Waals surface area contributed by atoms with Crippen LogP contribution in [0.2, 0.25) is 0 Å². The molecule has 0 unspecified atom stereocenters. The van der Waals surface area contributed by atoms with Crippen LogP contribution in [0.4, 0.5) is 11.4 Å². The lowest BCUT2D eigenvalue weighted by Gasteiger charge is -2.09. The zero-order valence-electron chi connectivity index (χ0n) is 11.3. The summed E-state index contributed by atoms with van der Waals surface area (Å²) in [6.45, 7) is 6.12. The van der Waals surface area contributed by atoms with E-state index in [1.165, 1.54) is 0 Å². The SMILES string of the molecule is CCn1nc(C)c(N)c1C(=O)Nc1cccnc1C. The van der Waals surface area contributed by atoms with E-state index >= 15 is 0 Å². The Morgan fingerprint density at radius 2 is 2.16 bits per heavy atom. The third kappa shape index (κ3) is 2.42. The third-order valence-corrected chi connectivity index (χ3v) is 2.94. The van der Waals surface area contributed by atoms with Crippen molar-refractivity contribution in [1.29, 1.82) is 0 Å². The van der Waals surface area contributed by atoms with Crippen molar-refractivity contribution >= 4 is 17.3 Å². The Labute approximate surface area is 111 Å². The van der Waals surface area contributed by atoms with Gasteiger partial charge in [-0.2, -0.15) is 5.10 Å². The highest BCUT2D eigenvalue weighted by molar-refractivity contribution is 6.07. The van der Waals surface area contributed by atoms with E-state index < -0.39 is 0 Å². The molecule has 6 nitrogen and oxygen atoms in total. The number of hydrogen-bond donors (Lipinski definition) is 2. The maximum Gasteiger partial charge on any atom is 0.276 e. The Kier molecular flexibility index (Phi) is 3.50. The summed E-state index contributed by atoms with van der Waals surface area (Å²) in [5, 5.41) is 7.04. The molecule has 19 heavy (non-hydrogen) atoms. The fourth-order valence-corrected chi connectivity index (χ4v) is 1.86. The second kappa shape index (κ2) is 5.09. The van der Waals surface area contributed by atoms with Gasteiger partial charge >= 0.3 is 0 Å². The number of nitrogens with zero attached hydrogens (tertiary/aromatic N) is 3. The van der Waals surface area contributed by atoms with Crippen LogP contribution in [0.25, 0.3) is 0 Å². The number of amides is 1. The maximum atomic E-state index is 12.3. The Balaban J connectivity index is 2.33. The predicted octanol–water partition coefficient (Wildman–Crippen LogP) is 1.75. The molecule has 2 aromatic heterocycles. The van der Waals surface area contributed by atoms with Crippen LogP contribution in [0, 0.1) is 13.8 Å². The average Bonchev–Trinajstić information content (AvgIpc) is 2.68. The molecular weight excluding hydrogens is 242 g/mol. The van der Waals surface area contributed by atoms with E-state index in [9.17, 15) is 4.79 Å². The second-order valence-corrected chi connectivity index (χ2v) is 4.25. The highest BCUT2D eigenvalue weighted by atomic mass is 16.2. The van der Waals surface area contributed by atoms with Crippen LogP contribution < -0.4 is 11.1 Å². The molecule has 3 N–H and O–H groups in total. The van der Waals surface area contributed by atoms with Crippen molar-refractivity contribution < 1.29 is 4.79 Å². The molecule has 0 aliphatic carbocycles. The number of pyridine rings is 1. The van der Waals surface area contributed by atoms with Gasteiger partial charge < -0.3 is 11.1 Å². The Morgan fingerprint density at radius 1 is 1.42 bits per heavy atom. The zero-order chi connectivity index (χ0) is 14.0. The second-order valence-electron chi connectivity index (χ2n) is 4.25. The van der Waals surface area contributed by atoms with Crippen LogP contribution in [0.3, 0.4) is 0 Å². The van der Waals surface area contributed by atoms with Gasteiger partial charge in [0, 0.05) is 12.7 Å². The number of aryl methyl sites for hydroxylation is 3. The highest BCUT2D eigenvalue weighted by Gasteiger charge is 2.19. The number of aromatic nitrogens is 3. The largest absolute Gasteiger partial charge is 0.395 e. The summed E-state index contributed by atoms with van der Waals surface area (Å²) in [5.41, 5.74) is 8.82. The van der Waals surface area contributed by atoms with E-state index in [0.29, 0.717) is 29.3 Å². The molecule has 0 fully saturated rings. The van der Waals surface area contributed by atoms with Crippen LogP contribution in [0.15, 0.2) is 18.3 Å². The van der Waals surface area contributed by atoms with Gasteiger partial charge in [-0.15, -0.1) is 0 Å². The van der Waals surface area contributed by atoms with Crippen molar-refractivity contribution in [2.24, 2.45) is 0 Å². The molecule has 0 aromatic carbocycles. The van der Waals surface area contributed by atoms with Gasteiger partial charge in [-0.1, -0.05) is 0 Å². The van der Waals surface area contributed by atoms with Gasteiger partial charge in [0.25, 0.3) is 5.91 Å². The van der Waals surface area contributed by atoms with E-state index in [1.807, 2.05) is 13.8 Å². The summed E-state index contributed by atoms with van der Waals surface area (Å²) in [5.74, 6) is -0.268. The van der Waals surface area contributed by atoms with Gasteiger partial charge in [0.1, 0.15) is 5.69 Å². The first-order chi connectivity index (χ1) is 9.04. The standard InChI is InChI=1S/C13H17N5O/c1-4-18-12(11(14)9(3)17-18)13(19)16-10-6-5-7-15-8(10)2/h5-7H,4,14H2,1-3H3,(H,16,19). The van der Waals surface area contributed by atoms with Crippen molar-refractivity contribution in [3.05, 3.63) is 35.4 Å². The summed E-state index contributed by atoms with van der Waals surface area (Å²) in [7, 11) is 0. The Hall–Kier alpha value is -2.37. The first kappa shape index (κ1) is 13.1. The van der Waals surface area contributed by atoms with E-state index in [4.69, 9.17) is 5.73 Å².